The van der Waals surface area contributed by atoms with E-state index in [2.05, 4.69) is 5.32 Å². The van der Waals surface area contributed by atoms with Crippen LogP contribution < -0.4 is 15.8 Å². The molecule has 3 N–H and O–H groups in total. The molecule has 0 saturated carbocycles. The van der Waals surface area contributed by atoms with Gasteiger partial charge in [0.25, 0.3) is 0 Å². The number of ether oxygens (including phenoxy) is 5. The molecule has 0 aliphatic heterocycles. The molecule has 0 aromatic heterocycles. The van der Waals surface area contributed by atoms with Crippen LogP contribution in [0, 0.1) is 0 Å². The molecule has 1 aromatic rings. The lowest BCUT2D eigenvalue weighted by molar-refractivity contribution is 0.119. The number of unbranched alkanes of at least 4 members (excludes halogenated alkanes) is 4. The fourth-order valence-electron chi connectivity index (χ4n) is 2.60. The Morgan fingerprint density at radius 3 is 1.76 bits per heavy atom. The van der Waals surface area contributed by atoms with Gasteiger partial charge in [-0.15, -0.1) is 0 Å². The van der Waals surface area contributed by atoms with Crippen molar-refractivity contribution in [1.29, 1.82) is 0 Å². The normalized spacial score (nSPS) is 10.4. The van der Waals surface area contributed by atoms with E-state index in [1.807, 2.05) is 32.0 Å². The van der Waals surface area contributed by atoms with E-state index in [-0.39, 0.29) is 0 Å². The predicted molar refractivity (Wildman–Crippen MR) is 132 cm³/mol. The molecule has 0 aliphatic rings. The zero-order chi connectivity index (χ0) is 24.2. The molecule has 0 bridgehead atoms. The van der Waals surface area contributed by atoms with Crippen molar-refractivity contribution in [1.82, 2.24) is 5.32 Å². The molecular weight excluding hydrogens is 424 g/mol. The van der Waals surface area contributed by atoms with Gasteiger partial charge in [0.1, 0.15) is 5.75 Å². The van der Waals surface area contributed by atoms with Crippen LogP contribution in [0.5, 0.6) is 5.75 Å². The first kappa shape index (κ1) is 31.3. The molecular formula is C25H46N2O6. The van der Waals surface area contributed by atoms with Gasteiger partial charge in [-0.1, -0.05) is 18.2 Å². The van der Waals surface area contributed by atoms with Gasteiger partial charge in [0.2, 0.25) is 0 Å². The van der Waals surface area contributed by atoms with E-state index in [4.69, 9.17) is 29.4 Å². The molecule has 0 heterocycles. The summed E-state index contributed by atoms with van der Waals surface area (Å²) in [5.74, 6) is 0.533. The topological polar surface area (TPSA) is 101 Å². The number of nitrogens with one attached hydrogen (secondary N) is 1. The van der Waals surface area contributed by atoms with Crippen LogP contribution in [0.3, 0.4) is 0 Å². The molecule has 8 heteroatoms. The van der Waals surface area contributed by atoms with Crippen LogP contribution in [0.1, 0.15) is 52.4 Å². The second-order valence-electron chi connectivity index (χ2n) is 7.16. The number of rotatable bonds is 20. The van der Waals surface area contributed by atoms with E-state index in [1.165, 1.54) is 6.42 Å². The van der Waals surface area contributed by atoms with Crippen LogP contribution in [-0.2, 0) is 18.9 Å². The van der Waals surface area contributed by atoms with Gasteiger partial charge in [0, 0.05) is 52.7 Å². The van der Waals surface area contributed by atoms with E-state index in [9.17, 15) is 4.79 Å². The average Bonchev–Trinajstić information content (AvgIpc) is 2.83. The highest BCUT2D eigenvalue weighted by Gasteiger charge is 2.02. The van der Waals surface area contributed by atoms with Crippen LogP contribution in [-0.4, -0.2) is 72.0 Å². The minimum absolute atomic E-state index is 0.449. The number of carbonyl (C=O) groups is 1. The molecule has 192 valence electrons. The summed E-state index contributed by atoms with van der Waals surface area (Å²) >= 11 is 0. The van der Waals surface area contributed by atoms with Crippen molar-refractivity contribution in [3.05, 3.63) is 30.3 Å². The van der Waals surface area contributed by atoms with Gasteiger partial charge in [0.15, 0.2) is 0 Å². The third kappa shape index (κ3) is 24.8. The largest absolute Gasteiger partial charge is 0.412 e. The lowest BCUT2D eigenvalue weighted by Gasteiger charge is -2.07. The lowest BCUT2D eigenvalue weighted by Crippen LogP contribution is -2.30. The quantitative estimate of drug-likeness (QED) is 0.276. The summed E-state index contributed by atoms with van der Waals surface area (Å²) in [7, 11) is 0. The molecule has 8 nitrogen and oxygen atoms in total. The van der Waals surface area contributed by atoms with Crippen molar-refractivity contribution in [3.8, 4) is 5.75 Å². The van der Waals surface area contributed by atoms with Crippen LogP contribution in [0.2, 0.25) is 0 Å². The second kappa shape index (κ2) is 26.5. The van der Waals surface area contributed by atoms with Crippen molar-refractivity contribution >= 4 is 6.09 Å². The second-order valence-corrected chi connectivity index (χ2v) is 7.16. The summed E-state index contributed by atoms with van der Waals surface area (Å²) < 4.78 is 26.2. The smallest absolute Gasteiger partial charge is 0.410 e. The maximum Gasteiger partial charge on any atom is 0.412 e. The highest BCUT2D eigenvalue weighted by atomic mass is 16.6. The fraction of sp³-hybridized carbons (Fsp3) is 0.720. The summed E-state index contributed by atoms with van der Waals surface area (Å²) in [5.41, 5.74) is 5.26. The van der Waals surface area contributed by atoms with Crippen LogP contribution in [0.15, 0.2) is 30.3 Å². The molecule has 0 saturated heterocycles. The highest BCUT2D eigenvalue weighted by molar-refractivity contribution is 5.70. The standard InChI is InChI=1S/C16H25NO4.C9H21NO2/c1-2-19-12-7-4-8-13-20-14-11-17-16(18)21-15-9-5-3-6-10-15;1-2-11-7-4-3-5-8-12-9-6-10/h3,5-6,9-10H,2,4,7-8,11-14H2,1H3,(H,17,18);2-10H2,1H3. The maximum atomic E-state index is 11.4. The van der Waals surface area contributed by atoms with Crippen molar-refractivity contribution in [2.24, 2.45) is 5.73 Å². The zero-order valence-electron chi connectivity index (χ0n) is 20.7. The SMILES string of the molecule is CCOCCCCCOCCN.CCOCCCCCOCCNC(=O)Oc1ccccc1. The Morgan fingerprint density at radius 2 is 1.24 bits per heavy atom. The molecule has 33 heavy (non-hydrogen) atoms. The number of hydrogen-bond acceptors (Lipinski definition) is 7. The monoisotopic (exact) mass is 470 g/mol. The Hall–Kier alpha value is -1.71. The van der Waals surface area contributed by atoms with Crippen LogP contribution in [0.4, 0.5) is 4.79 Å². The lowest BCUT2D eigenvalue weighted by atomic mass is 10.2. The van der Waals surface area contributed by atoms with Gasteiger partial charge in [-0.05, 0) is 64.5 Å². The molecule has 0 spiro atoms. The Bertz CT molecular complexity index is 509. The van der Waals surface area contributed by atoms with Crippen molar-refractivity contribution in [3.63, 3.8) is 0 Å². The van der Waals surface area contributed by atoms with Crippen LogP contribution >= 0.6 is 0 Å². The number of carbonyl (C=O) groups excluding carboxylic acids is 1. The zero-order valence-corrected chi connectivity index (χ0v) is 20.7. The number of nitrogens with two attached hydrogens (primary N) is 1. The maximum absolute atomic E-state index is 11.4. The molecule has 1 rings (SSSR count). The summed E-state index contributed by atoms with van der Waals surface area (Å²) in [6, 6.07) is 8.97. The van der Waals surface area contributed by atoms with E-state index in [0.717, 1.165) is 65.1 Å². The number of hydrogen-bond donors (Lipinski definition) is 2. The first-order valence-corrected chi connectivity index (χ1v) is 12.3. The molecule has 0 unspecified atom stereocenters. The van der Waals surface area contributed by atoms with E-state index >= 15 is 0 Å². The third-order valence-electron chi connectivity index (χ3n) is 4.29. The average molecular weight is 471 g/mol. The minimum Gasteiger partial charge on any atom is -0.410 e. The molecule has 0 radical (unpaired) electrons. The highest BCUT2D eigenvalue weighted by Crippen LogP contribution is 2.07. The summed E-state index contributed by atoms with van der Waals surface area (Å²) in [6.07, 6.45) is 6.17. The fourth-order valence-corrected chi connectivity index (χ4v) is 2.60. The van der Waals surface area contributed by atoms with E-state index in [0.29, 0.717) is 38.7 Å². The summed E-state index contributed by atoms with van der Waals surface area (Å²) in [6.45, 7) is 11.1. The van der Waals surface area contributed by atoms with Crippen molar-refractivity contribution in [2.75, 3.05) is 65.9 Å². The molecule has 1 amide bonds. The van der Waals surface area contributed by atoms with Gasteiger partial charge in [-0.25, -0.2) is 4.79 Å². The molecule has 0 aliphatic carbocycles. The van der Waals surface area contributed by atoms with E-state index in [1.54, 1.807) is 12.1 Å². The Labute approximate surface area is 200 Å². The summed E-state index contributed by atoms with van der Waals surface area (Å²) in [5, 5.41) is 2.64. The first-order chi connectivity index (χ1) is 16.2. The first-order valence-electron chi connectivity index (χ1n) is 12.3. The third-order valence-corrected chi connectivity index (χ3v) is 4.29. The van der Waals surface area contributed by atoms with Gasteiger partial charge in [-0.2, -0.15) is 0 Å². The Kier molecular flexibility index (Phi) is 25.2. The minimum atomic E-state index is -0.457. The van der Waals surface area contributed by atoms with Crippen molar-refractivity contribution in [2.45, 2.75) is 52.4 Å². The number of amides is 1. The number of para-hydroxylation sites is 1. The van der Waals surface area contributed by atoms with Crippen LogP contribution in [0.25, 0.3) is 0 Å². The van der Waals surface area contributed by atoms with Gasteiger partial charge in [0.05, 0.1) is 13.2 Å². The van der Waals surface area contributed by atoms with E-state index < -0.39 is 6.09 Å². The van der Waals surface area contributed by atoms with Gasteiger partial charge in [-0.3, -0.25) is 0 Å². The Balaban J connectivity index is 0.000000728. The number of benzene rings is 1. The Morgan fingerprint density at radius 1 is 0.727 bits per heavy atom. The van der Waals surface area contributed by atoms with Crippen molar-refractivity contribution < 1.29 is 28.5 Å². The van der Waals surface area contributed by atoms with Gasteiger partial charge < -0.3 is 34.7 Å². The molecule has 0 fully saturated rings. The van der Waals surface area contributed by atoms with Gasteiger partial charge >= 0.3 is 6.09 Å². The molecule has 0 atom stereocenters. The summed E-state index contributed by atoms with van der Waals surface area (Å²) in [4.78, 5) is 11.4. The molecule has 1 aromatic carbocycles. The predicted octanol–water partition coefficient (Wildman–Crippen LogP) is 4.17.